The molecule has 28 heavy (non-hydrogen) atoms. The first-order valence-corrected chi connectivity index (χ1v) is 9.02. The summed E-state index contributed by atoms with van der Waals surface area (Å²) in [5, 5.41) is 14.6. The van der Waals surface area contributed by atoms with Crippen molar-refractivity contribution in [1.29, 1.82) is 5.26 Å². The lowest BCUT2D eigenvalue weighted by Crippen LogP contribution is -2.41. The van der Waals surface area contributed by atoms with Crippen molar-refractivity contribution in [3.8, 4) is 6.07 Å². The molecule has 8 heteroatoms. The van der Waals surface area contributed by atoms with E-state index in [9.17, 15) is 9.59 Å². The van der Waals surface area contributed by atoms with Gasteiger partial charge in [-0.25, -0.2) is 0 Å². The summed E-state index contributed by atoms with van der Waals surface area (Å²) in [5.74, 6) is -0.743. The Morgan fingerprint density at radius 2 is 1.96 bits per heavy atom. The van der Waals surface area contributed by atoms with Gasteiger partial charge in [-0.1, -0.05) is 12.1 Å². The predicted octanol–water partition coefficient (Wildman–Crippen LogP) is 1.27. The Morgan fingerprint density at radius 1 is 1.18 bits per heavy atom. The van der Waals surface area contributed by atoms with E-state index >= 15 is 0 Å². The number of nitrogens with zero attached hydrogens (tertiary/aromatic N) is 3. The standard InChI is InChI=1S/C20H21N5O3/c21-14-16-3-1-2-4-17(16)24-19(26)15-5-6-22-18(13-15)20(27)23-7-8-25-9-11-28-12-10-25/h1-6,13H,7-12H2,(H,23,27)(H,24,26). The molecule has 8 nitrogen and oxygen atoms in total. The Hall–Kier alpha value is -3.28. The molecule has 1 saturated heterocycles. The van der Waals surface area contributed by atoms with Crippen molar-refractivity contribution in [2.24, 2.45) is 0 Å². The van der Waals surface area contributed by atoms with Gasteiger partial charge < -0.3 is 15.4 Å². The molecule has 0 bridgehead atoms. The highest BCUT2D eigenvalue weighted by Gasteiger charge is 2.14. The second-order valence-electron chi connectivity index (χ2n) is 6.25. The molecule has 0 unspecified atom stereocenters. The van der Waals surface area contributed by atoms with E-state index in [4.69, 9.17) is 10.00 Å². The van der Waals surface area contributed by atoms with Crippen LogP contribution in [0.4, 0.5) is 5.69 Å². The van der Waals surface area contributed by atoms with E-state index in [0.717, 1.165) is 19.6 Å². The van der Waals surface area contributed by atoms with E-state index in [1.807, 2.05) is 6.07 Å². The van der Waals surface area contributed by atoms with Gasteiger partial charge in [-0.05, 0) is 24.3 Å². The van der Waals surface area contributed by atoms with Crippen molar-refractivity contribution in [1.82, 2.24) is 15.2 Å². The number of para-hydroxylation sites is 1. The molecule has 1 aromatic carbocycles. The zero-order chi connectivity index (χ0) is 19.8. The maximum absolute atomic E-state index is 12.5. The van der Waals surface area contributed by atoms with E-state index in [-0.39, 0.29) is 11.6 Å². The zero-order valence-electron chi connectivity index (χ0n) is 15.4. The summed E-state index contributed by atoms with van der Waals surface area (Å²) < 4.78 is 5.29. The molecule has 0 aliphatic carbocycles. The smallest absolute Gasteiger partial charge is 0.269 e. The van der Waals surface area contributed by atoms with Crippen LogP contribution in [-0.4, -0.2) is 61.1 Å². The van der Waals surface area contributed by atoms with Gasteiger partial charge in [0, 0.05) is 37.9 Å². The second-order valence-corrected chi connectivity index (χ2v) is 6.25. The van der Waals surface area contributed by atoms with E-state index in [2.05, 4.69) is 20.5 Å². The number of nitriles is 1. The van der Waals surface area contributed by atoms with Gasteiger partial charge in [0.25, 0.3) is 11.8 Å². The summed E-state index contributed by atoms with van der Waals surface area (Å²) in [7, 11) is 0. The fourth-order valence-corrected chi connectivity index (χ4v) is 2.82. The van der Waals surface area contributed by atoms with E-state index in [1.165, 1.54) is 18.3 Å². The summed E-state index contributed by atoms with van der Waals surface area (Å²) in [6.07, 6.45) is 1.42. The zero-order valence-corrected chi connectivity index (χ0v) is 15.4. The van der Waals surface area contributed by atoms with Crippen LogP contribution >= 0.6 is 0 Å². The van der Waals surface area contributed by atoms with Gasteiger partial charge in [-0.15, -0.1) is 0 Å². The van der Waals surface area contributed by atoms with Gasteiger partial charge >= 0.3 is 0 Å². The molecule has 2 amide bonds. The van der Waals surface area contributed by atoms with Gasteiger partial charge in [0.05, 0.1) is 24.5 Å². The van der Waals surface area contributed by atoms with Crippen LogP contribution in [0.3, 0.4) is 0 Å². The first-order chi connectivity index (χ1) is 13.7. The highest BCUT2D eigenvalue weighted by Crippen LogP contribution is 2.15. The lowest BCUT2D eigenvalue weighted by atomic mass is 10.1. The number of carbonyl (C=O) groups is 2. The number of nitrogens with one attached hydrogen (secondary N) is 2. The molecular formula is C20H21N5O3. The van der Waals surface area contributed by atoms with Gasteiger partial charge in [0.15, 0.2) is 0 Å². The number of hydrogen-bond donors (Lipinski definition) is 2. The van der Waals surface area contributed by atoms with Crippen LogP contribution in [0.5, 0.6) is 0 Å². The third kappa shape index (κ3) is 5.13. The number of amides is 2. The molecule has 144 valence electrons. The predicted molar refractivity (Wildman–Crippen MR) is 103 cm³/mol. The third-order valence-corrected chi connectivity index (χ3v) is 4.37. The van der Waals surface area contributed by atoms with Crippen molar-refractivity contribution in [2.75, 3.05) is 44.7 Å². The quantitative estimate of drug-likeness (QED) is 0.783. The van der Waals surface area contributed by atoms with Gasteiger partial charge in [0.2, 0.25) is 0 Å². The van der Waals surface area contributed by atoms with Crippen molar-refractivity contribution < 1.29 is 14.3 Å². The third-order valence-electron chi connectivity index (χ3n) is 4.37. The minimum absolute atomic E-state index is 0.170. The van der Waals surface area contributed by atoms with Crippen LogP contribution < -0.4 is 10.6 Å². The van der Waals surface area contributed by atoms with E-state index in [1.54, 1.807) is 24.3 Å². The van der Waals surface area contributed by atoms with Gasteiger partial charge in [-0.3, -0.25) is 19.5 Å². The van der Waals surface area contributed by atoms with Crippen molar-refractivity contribution in [3.63, 3.8) is 0 Å². The van der Waals surface area contributed by atoms with Crippen LogP contribution in [0.15, 0.2) is 42.6 Å². The molecule has 0 radical (unpaired) electrons. The Morgan fingerprint density at radius 3 is 2.75 bits per heavy atom. The summed E-state index contributed by atoms with van der Waals surface area (Å²) >= 11 is 0. The average molecular weight is 379 g/mol. The van der Waals surface area contributed by atoms with Crippen LogP contribution in [0.25, 0.3) is 0 Å². The Balaban J connectivity index is 1.58. The second kappa shape index (κ2) is 9.60. The fourth-order valence-electron chi connectivity index (χ4n) is 2.82. The monoisotopic (exact) mass is 379 g/mol. The molecule has 0 spiro atoms. The molecule has 0 saturated carbocycles. The number of anilines is 1. The molecule has 1 aliphatic rings. The van der Waals surface area contributed by atoms with Crippen LogP contribution in [0.1, 0.15) is 26.4 Å². The first-order valence-electron chi connectivity index (χ1n) is 9.02. The Bertz CT molecular complexity index is 887. The van der Waals surface area contributed by atoms with Crippen LogP contribution in [0, 0.1) is 11.3 Å². The maximum Gasteiger partial charge on any atom is 0.269 e. The molecule has 2 heterocycles. The summed E-state index contributed by atoms with van der Waals surface area (Å²) in [4.78, 5) is 31.1. The number of pyridine rings is 1. The van der Waals surface area contributed by atoms with Gasteiger partial charge in [-0.2, -0.15) is 5.26 Å². The Kier molecular flexibility index (Phi) is 6.68. The van der Waals surface area contributed by atoms with Crippen LogP contribution in [0.2, 0.25) is 0 Å². The SMILES string of the molecule is N#Cc1ccccc1NC(=O)c1ccnc(C(=O)NCCN2CCOCC2)c1. The normalized spacial score (nSPS) is 14.1. The Labute approximate surface area is 163 Å². The number of benzene rings is 1. The number of carbonyl (C=O) groups excluding carboxylic acids is 2. The highest BCUT2D eigenvalue weighted by atomic mass is 16.5. The summed E-state index contributed by atoms with van der Waals surface area (Å²) in [6, 6.07) is 11.7. The fraction of sp³-hybridized carbons (Fsp3) is 0.300. The van der Waals surface area contributed by atoms with Crippen molar-refractivity contribution in [2.45, 2.75) is 0 Å². The first kappa shape index (κ1) is 19.5. The van der Waals surface area contributed by atoms with Crippen LogP contribution in [-0.2, 0) is 4.74 Å². The number of morpholine rings is 1. The molecule has 1 aliphatic heterocycles. The highest BCUT2D eigenvalue weighted by molar-refractivity contribution is 6.06. The van der Waals surface area contributed by atoms with Crippen molar-refractivity contribution in [3.05, 3.63) is 59.4 Å². The summed E-state index contributed by atoms with van der Waals surface area (Å²) in [6.45, 7) is 4.36. The van der Waals surface area contributed by atoms with Crippen molar-refractivity contribution >= 4 is 17.5 Å². The lowest BCUT2D eigenvalue weighted by Gasteiger charge is -2.26. The number of rotatable bonds is 6. The molecule has 2 aromatic rings. The number of hydrogen-bond acceptors (Lipinski definition) is 6. The molecule has 3 rings (SSSR count). The lowest BCUT2D eigenvalue weighted by molar-refractivity contribution is 0.0383. The molecule has 1 aromatic heterocycles. The average Bonchev–Trinajstić information content (AvgIpc) is 2.75. The molecule has 2 N–H and O–H groups in total. The molecular weight excluding hydrogens is 358 g/mol. The van der Waals surface area contributed by atoms with E-state index < -0.39 is 5.91 Å². The topological polar surface area (TPSA) is 107 Å². The minimum Gasteiger partial charge on any atom is -0.379 e. The molecule has 0 atom stereocenters. The largest absolute Gasteiger partial charge is 0.379 e. The van der Waals surface area contributed by atoms with Gasteiger partial charge in [0.1, 0.15) is 11.8 Å². The molecule has 1 fully saturated rings. The van der Waals surface area contributed by atoms with E-state index in [0.29, 0.717) is 36.6 Å². The number of ether oxygens (including phenoxy) is 1. The summed E-state index contributed by atoms with van der Waals surface area (Å²) in [5.41, 5.74) is 1.25. The number of aromatic nitrogens is 1. The minimum atomic E-state index is -0.410. The maximum atomic E-state index is 12.5.